The Morgan fingerprint density at radius 2 is 0.647 bits per heavy atom. The molecule has 6 heteroatoms. The van der Waals surface area contributed by atoms with Gasteiger partial charge in [0.1, 0.15) is 13.2 Å². The maximum absolute atomic E-state index is 12.6. The molecule has 0 saturated carbocycles. The van der Waals surface area contributed by atoms with E-state index in [9.17, 15) is 14.4 Å². The minimum Gasteiger partial charge on any atom is -0.462 e. The van der Waals surface area contributed by atoms with Crippen LogP contribution in [0.15, 0.2) is 0 Å². The molecule has 0 saturated heterocycles. The topological polar surface area (TPSA) is 78.9 Å². The molecule has 0 fully saturated rings. The molecule has 0 N–H and O–H groups in total. The zero-order valence-corrected chi connectivity index (χ0v) is 34.7. The minimum atomic E-state index is -0.760. The summed E-state index contributed by atoms with van der Waals surface area (Å²) < 4.78 is 16.7. The average Bonchev–Trinajstić information content (AvgIpc) is 3.09. The Morgan fingerprint density at radius 1 is 0.373 bits per heavy atom. The smallest absolute Gasteiger partial charge is 0.306 e. The molecule has 0 rings (SSSR count). The molecule has 0 amide bonds. The SMILES string of the molecule is CCCCCCCCCCCCCCC(=O)OC[C@@H](COC(=O)CCCCCCCCCCCC(C)C)OC(=O)CCCCCCCCC(C)C. The highest BCUT2D eigenvalue weighted by Gasteiger charge is 2.19. The van der Waals surface area contributed by atoms with Crippen molar-refractivity contribution in [2.45, 2.75) is 246 Å². The summed E-state index contributed by atoms with van der Waals surface area (Å²) >= 11 is 0. The van der Waals surface area contributed by atoms with Crippen LogP contribution in [0.1, 0.15) is 240 Å². The van der Waals surface area contributed by atoms with Crippen molar-refractivity contribution in [3.8, 4) is 0 Å². The molecular weight excluding hydrogens is 636 g/mol. The first-order chi connectivity index (χ1) is 24.7. The van der Waals surface area contributed by atoms with Gasteiger partial charge in [-0.2, -0.15) is 0 Å². The summed E-state index contributed by atoms with van der Waals surface area (Å²) in [5.74, 6) is 0.703. The van der Waals surface area contributed by atoms with Gasteiger partial charge in [0.2, 0.25) is 0 Å². The van der Waals surface area contributed by atoms with E-state index in [2.05, 4.69) is 34.6 Å². The van der Waals surface area contributed by atoms with Crippen LogP contribution in [-0.4, -0.2) is 37.2 Å². The molecule has 0 aliphatic rings. The van der Waals surface area contributed by atoms with Crippen molar-refractivity contribution >= 4 is 17.9 Å². The Kier molecular flexibility index (Phi) is 37.0. The van der Waals surface area contributed by atoms with Gasteiger partial charge in [-0.25, -0.2) is 0 Å². The Hall–Kier alpha value is -1.59. The van der Waals surface area contributed by atoms with E-state index in [0.717, 1.165) is 69.6 Å². The number of ether oxygens (including phenoxy) is 3. The van der Waals surface area contributed by atoms with Crippen LogP contribution in [0, 0.1) is 11.8 Å². The molecule has 6 nitrogen and oxygen atoms in total. The van der Waals surface area contributed by atoms with Gasteiger partial charge in [-0.1, -0.05) is 202 Å². The molecule has 0 aliphatic carbocycles. The number of hydrogen-bond donors (Lipinski definition) is 0. The second kappa shape index (κ2) is 38.1. The van der Waals surface area contributed by atoms with E-state index in [0.29, 0.717) is 19.3 Å². The van der Waals surface area contributed by atoms with Crippen molar-refractivity contribution in [1.29, 1.82) is 0 Å². The molecule has 1 atom stereocenters. The molecule has 0 heterocycles. The standard InChI is InChI=1S/C45H86O6/c1-6-7-8-9-10-11-12-13-16-19-25-30-35-43(46)49-38-42(51-45(48)37-32-27-22-21-24-29-34-41(4)5)39-50-44(47)36-31-26-20-17-14-15-18-23-28-33-40(2)3/h40-42H,6-39H2,1-5H3/t42-/m0/s1. The fourth-order valence-corrected chi connectivity index (χ4v) is 6.58. The fraction of sp³-hybridized carbons (Fsp3) is 0.933. The number of carbonyl (C=O) groups excluding carboxylic acids is 3. The van der Waals surface area contributed by atoms with Gasteiger partial charge in [0.25, 0.3) is 0 Å². The Morgan fingerprint density at radius 3 is 0.961 bits per heavy atom. The quantitative estimate of drug-likeness (QED) is 0.0357. The molecule has 0 bridgehead atoms. The summed E-state index contributed by atoms with van der Waals surface area (Å²) in [6.07, 6.45) is 35.3. The highest BCUT2D eigenvalue weighted by Crippen LogP contribution is 2.16. The molecule has 302 valence electrons. The lowest BCUT2D eigenvalue weighted by molar-refractivity contribution is -0.167. The van der Waals surface area contributed by atoms with Gasteiger partial charge in [0.15, 0.2) is 6.10 Å². The van der Waals surface area contributed by atoms with E-state index in [1.54, 1.807) is 0 Å². The summed E-state index contributed by atoms with van der Waals surface area (Å²) in [5.41, 5.74) is 0. The Labute approximate surface area is 317 Å². The van der Waals surface area contributed by atoms with Crippen molar-refractivity contribution in [3.05, 3.63) is 0 Å². The van der Waals surface area contributed by atoms with E-state index in [1.807, 2.05) is 0 Å². The summed E-state index contributed by atoms with van der Waals surface area (Å²) in [7, 11) is 0. The third kappa shape index (κ3) is 39.5. The highest BCUT2D eigenvalue weighted by molar-refractivity contribution is 5.71. The van der Waals surface area contributed by atoms with Crippen molar-refractivity contribution in [3.63, 3.8) is 0 Å². The van der Waals surface area contributed by atoms with Gasteiger partial charge in [-0.3, -0.25) is 14.4 Å². The monoisotopic (exact) mass is 723 g/mol. The molecule has 0 spiro atoms. The lowest BCUT2D eigenvalue weighted by atomic mass is 10.0. The third-order valence-electron chi connectivity index (χ3n) is 9.97. The molecule has 0 unspecified atom stereocenters. The van der Waals surface area contributed by atoms with Gasteiger partial charge in [0, 0.05) is 19.3 Å². The van der Waals surface area contributed by atoms with Crippen molar-refractivity contribution in [1.82, 2.24) is 0 Å². The van der Waals surface area contributed by atoms with E-state index >= 15 is 0 Å². The number of rotatable bonds is 39. The maximum atomic E-state index is 12.6. The van der Waals surface area contributed by atoms with Crippen LogP contribution in [0.5, 0.6) is 0 Å². The van der Waals surface area contributed by atoms with E-state index in [-0.39, 0.29) is 31.1 Å². The van der Waals surface area contributed by atoms with Crippen LogP contribution in [-0.2, 0) is 28.6 Å². The Balaban J connectivity index is 4.32. The minimum absolute atomic E-state index is 0.0660. The van der Waals surface area contributed by atoms with E-state index < -0.39 is 6.10 Å². The first-order valence-corrected chi connectivity index (χ1v) is 22.2. The molecule has 0 aromatic carbocycles. The second-order valence-corrected chi connectivity index (χ2v) is 16.3. The lowest BCUT2D eigenvalue weighted by Gasteiger charge is -2.18. The first kappa shape index (κ1) is 49.4. The summed E-state index contributed by atoms with van der Waals surface area (Å²) in [5, 5.41) is 0. The highest BCUT2D eigenvalue weighted by atomic mass is 16.6. The van der Waals surface area contributed by atoms with Crippen LogP contribution in [0.4, 0.5) is 0 Å². The number of esters is 3. The maximum Gasteiger partial charge on any atom is 0.306 e. The molecule has 0 aromatic heterocycles. The van der Waals surface area contributed by atoms with Gasteiger partial charge < -0.3 is 14.2 Å². The summed E-state index contributed by atoms with van der Waals surface area (Å²) in [6, 6.07) is 0. The zero-order chi connectivity index (χ0) is 37.6. The van der Waals surface area contributed by atoms with Crippen LogP contribution in [0.25, 0.3) is 0 Å². The van der Waals surface area contributed by atoms with Crippen molar-refractivity contribution < 1.29 is 28.6 Å². The first-order valence-electron chi connectivity index (χ1n) is 22.2. The van der Waals surface area contributed by atoms with Crippen molar-refractivity contribution in [2.24, 2.45) is 11.8 Å². The van der Waals surface area contributed by atoms with Crippen LogP contribution in [0.2, 0.25) is 0 Å². The fourth-order valence-electron chi connectivity index (χ4n) is 6.58. The average molecular weight is 723 g/mol. The molecular formula is C45H86O6. The summed E-state index contributed by atoms with van der Waals surface area (Å²) in [6.45, 7) is 11.2. The van der Waals surface area contributed by atoms with Gasteiger partial charge in [0.05, 0.1) is 0 Å². The van der Waals surface area contributed by atoms with Crippen LogP contribution in [0.3, 0.4) is 0 Å². The van der Waals surface area contributed by atoms with Gasteiger partial charge in [-0.15, -0.1) is 0 Å². The molecule has 51 heavy (non-hydrogen) atoms. The van der Waals surface area contributed by atoms with Crippen molar-refractivity contribution in [2.75, 3.05) is 13.2 Å². The van der Waals surface area contributed by atoms with E-state index in [4.69, 9.17) is 14.2 Å². The molecule has 0 aromatic rings. The molecule has 0 radical (unpaired) electrons. The predicted molar refractivity (Wildman–Crippen MR) is 215 cm³/mol. The molecule has 0 aliphatic heterocycles. The number of carbonyl (C=O) groups is 3. The van der Waals surface area contributed by atoms with Crippen LogP contribution >= 0.6 is 0 Å². The summed E-state index contributed by atoms with van der Waals surface area (Å²) in [4.78, 5) is 37.6. The normalized spacial score (nSPS) is 12.1. The van der Waals surface area contributed by atoms with Gasteiger partial charge in [-0.05, 0) is 31.1 Å². The van der Waals surface area contributed by atoms with Gasteiger partial charge >= 0.3 is 17.9 Å². The Bertz CT molecular complexity index is 779. The number of hydrogen-bond acceptors (Lipinski definition) is 6. The van der Waals surface area contributed by atoms with Crippen LogP contribution < -0.4 is 0 Å². The van der Waals surface area contributed by atoms with E-state index in [1.165, 1.54) is 128 Å². The number of unbranched alkanes of at least 4 members (excludes halogenated alkanes) is 24. The third-order valence-corrected chi connectivity index (χ3v) is 9.97. The zero-order valence-electron chi connectivity index (χ0n) is 34.7. The second-order valence-electron chi connectivity index (χ2n) is 16.3. The predicted octanol–water partition coefficient (Wildman–Crippen LogP) is 13.8. The largest absolute Gasteiger partial charge is 0.462 e. The lowest BCUT2D eigenvalue weighted by Crippen LogP contribution is -2.30.